The van der Waals surface area contributed by atoms with Crippen molar-refractivity contribution in [1.29, 1.82) is 0 Å². The molecule has 0 saturated heterocycles. The predicted molar refractivity (Wildman–Crippen MR) is 125 cm³/mol. The standard InChI is InChI=1S/C24H25NO6S/c1-4-13-31-18-8-5-7-16(14-18)24(27)20-15-17(25-32(3,28)29)11-12-19(20)23-21(26)9-6-10-22(23)30-2/h4-12,14-15,24-27H,1,13H2,2-3H3. The summed E-state index contributed by atoms with van der Waals surface area (Å²) in [4.78, 5) is 0. The number of aliphatic hydroxyl groups is 1. The molecular formula is C24H25NO6S. The summed E-state index contributed by atoms with van der Waals surface area (Å²) in [5.74, 6) is 0.920. The van der Waals surface area contributed by atoms with E-state index in [1.165, 1.54) is 19.2 Å². The Morgan fingerprint density at radius 2 is 1.88 bits per heavy atom. The summed E-state index contributed by atoms with van der Waals surface area (Å²) >= 11 is 0. The smallest absolute Gasteiger partial charge is 0.229 e. The van der Waals surface area contributed by atoms with Crippen LogP contribution in [0.25, 0.3) is 11.1 Å². The number of methoxy groups -OCH3 is 1. The molecule has 0 aliphatic rings. The van der Waals surface area contributed by atoms with Gasteiger partial charge in [0, 0.05) is 5.69 Å². The summed E-state index contributed by atoms with van der Waals surface area (Å²) < 4.78 is 36.9. The number of anilines is 1. The third kappa shape index (κ3) is 5.40. The van der Waals surface area contributed by atoms with Crippen molar-refractivity contribution in [2.24, 2.45) is 0 Å². The average molecular weight is 456 g/mol. The normalized spacial score (nSPS) is 12.1. The van der Waals surface area contributed by atoms with Crippen LogP contribution in [-0.2, 0) is 10.0 Å². The molecule has 1 atom stereocenters. The molecule has 1 unspecified atom stereocenters. The highest BCUT2D eigenvalue weighted by molar-refractivity contribution is 7.92. The lowest BCUT2D eigenvalue weighted by Crippen LogP contribution is -2.11. The van der Waals surface area contributed by atoms with Crippen molar-refractivity contribution in [3.05, 3.63) is 84.4 Å². The van der Waals surface area contributed by atoms with E-state index >= 15 is 0 Å². The number of sulfonamides is 1. The zero-order chi connectivity index (χ0) is 23.3. The number of rotatable bonds is 9. The summed E-state index contributed by atoms with van der Waals surface area (Å²) in [6, 6.07) is 16.5. The van der Waals surface area contributed by atoms with Gasteiger partial charge in [-0.2, -0.15) is 0 Å². The molecule has 0 aliphatic carbocycles. The van der Waals surface area contributed by atoms with E-state index in [-0.39, 0.29) is 11.4 Å². The molecule has 3 aromatic carbocycles. The molecule has 3 N–H and O–H groups in total. The van der Waals surface area contributed by atoms with Gasteiger partial charge in [-0.3, -0.25) is 4.72 Å². The highest BCUT2D eigenvalue weighted by atomic mass is 32.2. The van der Waals surface area contributed by atoms with Gasteiger partial charge < -0.3 is 19.7 Å². The SMILES string of the molecule is C=CCOc1cccc(C(O)c2cc(NS(C)(=O)=O)ccc2-c2c(O)cccc2OC)c1. The molecule has 0 saturated carbocycles. The maximum atomic E-state index is 11.7. The van der Waals surface area contributed by atoms with Gasteiger partial charge in [0.25, 0.3) is 0 Å². The minimum absolute atomic E-state index is 0.0373. The van der Waals surface area contributed by atoms with Gasteiger partial charge in [0.1, 0.15) is 30.0 Å². The van der Waals surface area contributed by atoms with Crippen LogP contribution in [0.2, 0.25) is 0 Å². The number of aromatic hydroxyl groups is 1. The molecular weight excluding hydrogens is 430 g/mol. The number of hydrogen-bond donors (Lipinski definition) is 3. The minimum Gasteiger partial charge on any atom is -0.507 e. The number of benzene rings is 3. The van der Waals surface area contributed by atoms with Gasteiger partial charge in [0.15, 0.2) is 0 Å². The van der Waals surface area contributed by atoms with Crippen molar-refractivity contribution in [3.8, 4) is 28.4 Å². The summed E-state index contributed by atoms with van der Waals surface area (Å²) in [5.41, 5.74) is 2.05. The van der Waals surface area contributed by atoms with Crippen LogP contribution in [0.3, 0.4) is 0 Å². The molecule has 8 heteroatoms. The molecule has 32 heavy (non-hydrogen) atoms. The van der Waals surface area contributed by atoms with Crippen LogP contribution in [0.15, 0.2) is 73.3 Å². The van der Waals surface area contributed by atoms with Gasteiger partial charge in [-0.05, 0) is 53.1 Å². The van der Waals surface area contributed by atoms with Gasteiger partial charge in [0.2, 0.25) is 10.0 Å². The van der Waals surface area contributed by atoms with Crippen molar-refractivity contribution in [2.45, 2.75) is 6.10 Å². The van der Waals surface area contributed by atoms with Crippen molar-refractivity contribution in [1.82, 2.24) is 0 Å². The van der Waals surface area contributed by atoms with E-state index in [4.69, 9.17) is 9.47 Å². The van der Waals surface area contributed by atoms with Crippen LogP contribution in [0.4, 0.5) is 5.69 Å². The molecule has 0 aliphatic heterocycles. The Labute approximate surface area is 187 Å². The molecule has 0 bridgehead atoms. The Hall–Kier alpha value is -3.49. The van der Waals surface area contributed by atoms with Crippen LogP contribution >= 0.6 is 0 Å². The van der Waals surface area contributed by atoms with E-state index in [0.717, 1.165) is 6.26 Å². The summed E-state index contributed by atoms with van der Waals surface area (Å²) in [6.07, 6.45) is 1.51. The van der Waals surface area contributed by atoms with Crippen LogP contribution in [-0.4, -0.2) is 38.6 Å². The Balaban J connectivity index is 2.17. The Morgan fingerprint density at radius 1 is 1.12 bits per heavy atom. The maximum absolute atomic E-state index is 11.7. The first-order chi connectivity index (χ1) is 15.2. The largest absolute Gasteiger partial charge is 0.507 e. The van der Waals surface area contributed by atoms with E-state index in [0.29, 0.717) is 40.4 Å². The number of phenolic OH excluding ortho intramolecular Hbond substituents is 1. The molecule has 0 radical (unpaired) electrons. The summed E-state index contributed by atoms with van der Waals surface area (Å²) in [7, 11) is -2.05. The Kier molecular flexibility index (Phi) is 7.07. The molecule has 168 valence electrons. The fourth-order valence-electron chi connectivity index (χ4n) is 3.36. The van der Waals surface area contributed by atoms with E-state index in [1.54, 1.807) is 54.6 Å². The second kappa shape index (κ2) is 9.76. The van der Waals surface area contributed by atoms with Gasteiger partial charge in [-0.25, -0.2) is 8.42 Å². The van der Waals surface area contributed by atoms with Crippen molar-refractivity contribution in [2.75, 3.05) is 24.7 Å². The van der Waals surface area contributed by atoms with E-state index in [9.17, 15) is 18.6 Å². The topological polar surface area (TPSA) is 105 Å². The lowest BCUT2D eigenvalue weighted by molar-refractivity contribution is 0.220. The molecule has 7 nitrogen and oxygen atoms in total. The fourth-order valence-corrected chi connectivity index (χ4v) is 3.92. The number of ether oxygens (including phenoxy) is 2. The maximum Gasteiger partial charge on any atom is 0.229 e. The number of nitrogens with one attached hydrogen (secondary N) is 1. The van der Waals surface area contributed by atoms with Gasteiger partial charge in [-0.1, -0.05) is 36.9 Å². The van der Waals surface area contributed by atoms with Crippen LogP contribution < -0.4 is 14.2 Å². The number of aliphatic hydroxyl groups excluding tert-OH is 1. The minimum atomic E-state index is -3.53. The lowest BCUT2D eigenvalue weighted by Gasteiger charge is -2.20. The second-order valence-corrected chi connectivity index (χ2v) is 8.85. The van der Waals surface area contributed by atoms with E-state index in [2.05, 4.69) is 11.3 Å². The monoisotopic (exact) mass is 455 g/mol. The van der Waals surface area contributed by atoms with E-state index in [1.807, 2.05) is 0 Å². The molecule has 0 aromatic heterocycles. The second-order valence-electron chi connectivity index (χ2n) is 7.11. The molecule has 0 spiro atoms. The number of phenols is 1. The van der Waals surface area contributed by atoms with Gasteiger partial charge in [0.05, 0.1) is 18.9 Å². The van der Waals surface area contributed by atoms with Gasteiger partial charge in [-0.15, -0.1) is 0 Å². The first-order valence-electron chi connectivity index (χ1n) is 9.73. The first-order valence-corrected chi connectivity index (χ1v) is 11.6. The van der Waals surface area contributed by atoms with Gasteiger partial charge >= 0.3 is 0 Å². The summed E-state index contributed by atoms with van der Waals surface area (Å²) in [6.45, 7) is 3.94. The Bertz CT molecular complexity index is 1220. The predicted octanol–water partition coefficient (Wildman–Crippen LogP) is 4.09. The van der Waals surface area contributed by atoms with Crippen LogP contribution in [0.1, 0.15) is 17.2 Å². The highest BCUT2D eigenvalue weighted by Crippen LogP contribution is 2.43. The van der Waals surface area contributed by atoms with Crippen LogP contribution in [0, 0.1) is 0 Å². The fraction of sp³-hybridized carbons (Fsp3) is 0.167. The first kappa shape index (κ1) is 23.2. The molecule has 0 heterocycles. The zero-order valence-corrected chi connectivity index (χ0v) is 18.6. The number of hydrogen-bond acceptors (Lipinski definition) is 6. The van der Waals surface area contributed by atoms with Crippen molar-refractivity contribution < 1.29 is 28.1 Å². The van der Waals surface area contributed by atoms with E-state index < -0.39 is 16.1 Å². The Morgan fingerprint density at radius 3 is 2.56 bits per heavy atom. The van der Waals surface area contributed by atoms with Crippen LogP contribution in [0.5, 0.6) is 17.2 Å². The third-order valence-electron chi connectivity index (χ3n) is 4.68. The molecule has 0 amide bonds. The zero-order valence-electron chi connectivity index (χ0n) is 17.8. The average Bonchev–Trinajstić information content (AvgIpc) is 2.76. The van der Waals surface area contributed by atoms with Crippen molar-refractivity contribution in [3.63, 3.8) is 0 Å². The highest BCUT2D eigenvalue weighted by Gasteiger charge is 2.22. The molecule has 3 aromatic rings. The molecule has 3 rings (SSSR count). The lowest BCUT2D eigenvalue weighted by atomic mass is 9.91. The molecule has 0 fully saturated rings. The quantitative estimate of drug-likeness (QED) is 0.420. The summed E-state index contributed by atoms with van der Waals surface area (Å²) in [5, 5.41) is 21.8. The third-order valence-corrected chi connectivity index (χ3v) is 5.29. The van der Waals surface area contributed by atoms with Crippen molar-refractivity contribution >= 4 is 15.7 Å².